The molecule has 2 saturated carbocycles. The molecule has 0 spiro atoms. The van der Waals surface area contributed by atoms with Crippen LogP contribution in [0.4, 0.5) is 0 Å². The van der Waals surface area contributed by atoms with E-state index in [2.05, 4.69) is 17.3 Å². The van der Waals surface area contributed by atoms with E-state index >= 15 is 0 Å². The van der Waals surface area contributed by atoms with Crippen molar-refractivity contribution in [3.8, 4) is 0 Å². The van der Waals surface area contributed by atoms with Crippen molar-refractivity contribution in [2.75, 3.05) is 0 Å². The largest absolute Gasteiger partial charge is 0.477 e. The lowest BCUT2D eigenvalue weighted by molar-refractivity contribution is -0.122. The number of amides is 1. The van der Waals surface area contributed by atoms with Gasteiger partial charge in [0.05, 0.1) is 0 Å². The summed E-state index contributed by atoms with van der Waals surface area (Å²) in [5.41, 5.74) is 0.0396. The molecule has 114 valence electrons. The number of aromatic nitrogens is 2. The van der Waals surface area contributed by atoms with Gasteiger partial charge >= 0.3 is 5.97 Å². The molecular formula is C15H21N3O3. The molecule has 6 heteroatoms. The van der Waals surface area contributed by atoms with Crippen LogP contribution in [0.1, 0.15) is 43.1 Å². The first-order chi connectivity index (χ1) is 10.0. The Morgan fingerprint density at radius 2 is 2.29 bits per heavy atom. The molecule has 4 unspecified atom stereocenters. The standard InChI is InChI=1S/C15H21N3O3/c1-9(12-7-10-2-3-11(12)6-10)17-14(19)8-18-13(15(20)21)4-5-16-18/h4-5,9-12H,2-3,6-8H2,1H3,(H,17,19)(H,20,21). The van der Waals surface area contributed by atoms with Gasteiger partial charge in [-0.05, 0) is 50.0 Å². The van der Waals surface area contributed by atoms with Gasteiger partial charge in [0.1, 0.15) is 12.2 Å². The first-order valence-electron chi connectivity index (χ1n) is 7.59. The molecule has 2 bridgehead atoms. The molecule has 4 atom stereocenters. The van der Waals surface area contributed by atoms with Crippen LogP contribution < -0.4 is 5.32 Å². The summed E-state index contributed by atoms with van der Waals surface area (Å²) in [7, 11) is 0. The van der Waals surface area contributed by atoms with Gasteiger partial charge in [-0.1, -0.05) is 6.42 Å². The Bertz CT molecular complexity index is 554. The van der Waals surface area contributed by atoms with E-state index in [9.17, 15) is 9.59 Å². The zero-order valence-corrected chi connectivity index (χ0v) is 12.2. The van der Waals surface area contributed by atoms with Gasteiger partial charge in [0.25, 0.3) is 0 Å². The maximum absolute atomic E-state index is 12.1. The number of carboxylic acids is 1. The zero-order chi connectivity index (χ0) is 15.0. The summed E-state index contributed by atoms with van der Waals surface area (Å²) < 4.78 is 1.23. The van der Waals surface area contributed by atoms with Crippen LogP contribution in [-0.4, -0.2) is 32.8 Å². The highest BCUT2D eigenvalue weighted by Gasteiger charge is 2.42. The van der Waals surface area contributed by atoms with Crippen molar-refractivity contribution in [3.05, 3.63) is 18.0 Å². The molecule has 2 fully saturated rings. The molecular weight excluding hydrogens is 270 g/mol. The molecule has 0 aliphatic heterocycles. The molecule has 3 rings (SSSR count). The minimum Gasteiger partial charge on any atom is -0.477 e. The molecule has 1 aromatic heterocycles. The molecule has 0 saturated heterocycles. The van der Waals surface area contributed by atoms with Crippen molar-refractivity contribution in [3.63, 3.8) is 0 Å². The molecule has 1 aromatic rings. The Labute approximate surface area is 123 Å². The maximum Gasteiger partial charge on any atom is 0.354 e. The van der Waals surface area contributed by atoms with E-state index in [1.165, 1.54) is 42.6 Å². The number of hydrogen-bond acceptors (Lipinski definition) is 3. The zero-order valence-electron chi connectivity index (χ0n) is 12.2. The lowest BCUT2D eigenvalue weighted by Gasteiger charge is -2.28. The highest BCUT2D eigenvalue weighted by atomic mass is 16.4. The van der Waals surface area contributed by atoms with Crippen LogP contribution in [-0.2, 0) is 11.3 Å². The molecule has 2 N–H and O–H groups in total. The van der Waals surface area contributed by atoms with Crippen molar-refractivity contribution in [1.29, 1.82) is 0 Å². The number of carbonyl (C=O) groups is 2. The van der Waals surface area contributed by atoms with E-state index in [-0.39, 0.29) is 24.2 Å². The van der Waals surface area contributed by atoms with Crippen LogP contribution >= 0.6 is 0 Å². The Morgan fingerprint density at radius 1 is 1.48 bits per heavy atom. The van der Waals surface area contributed by atoms with Gasteiger partial charge in [0.2, 0.25) is 5.91 Å². The molecule has 6 nitrogen and oxygen atoms in total. The second kappa shape index (κ2) is 5.50. The Morgan fingerprint density at radius 3 is 2.90 bits per heavy atom. The summed E-state index contributed by atoms with van der Waals surface area (Å²) in [5.74, 6) is 0.941. The maximum atomic E-state index is 12.1. The fourth-order valence-corrected chi connectivity index (χ4v) is 4.09. The monoisotopic (exact) mass is 291 g/mol. The Kier molecular flexibility index (Phi) is 3.69. The highest BCUT2D eigenvalue weighted by molar-refractivity contribution is 5.86. The van der Waals surface area contributed by atoms with Crippen LogP contribution in [0, 0.1) is 17.8 Å². The predicted molar refractivity (Wildman–Crippen MR) is 75.7 cm³/mol. The third kappa shape index (κ3) is 2.80. The molecule has 0 aromatic carbocycles. The van der Waals surface area contributed by atoms with Crippen LogP contribution in [0.5, 0.6) is 0 Å². The molecule has 1 heterocycles. The highest BCUT2D eigenvalue weighted by Crippen LogP contribution is 2.49. The van der Waals surface area contributed by atoms with E-state index in [0.29, 0.717) is 5.92 Å². The molecule has 1 amide bonds. The third-order valence-corrected chi connectivity index (χ3v) is 5.05. The topological polar surface area (TPSA) is 84.2 Å². The number of aromatic carboxylic acids is 1. The first-order valence-corrected chi connectivity index (χ1v) is 7.59. The number of carboxylic acid groups (broad SMARTS) is 1. The van der Waals surface area contributed by atoms with Crippen LogP contribution in [0.15, 0.2) is 12.3 Å². The van der Waals surface area contributed by atoms with Gasteiger partial charge in [0, 0.05) is 12.2 Å². The number of rotatable bonds is 5. The van der Waals surface area contributed by atoms with Gasteiger partial charge in [-0.15, -0.1) is 0 Å². The summed E-state index contributed by atoms with van der Waals surface area (Å²) in [5, 5.41) is 15.9. The van der Waals surface area contributed by atoms with Crippen molar-refractivity contribution in [1.82, 2.24) is 15.1 Å². The second-order valence-corrected chi connectivity index (χ2v) is 6.37. The Hall–Kier alpha value is -1.85. The van der Waals surface area contributed by atoms with Crippen LogP contribution in [0.2, 0.25) is 0 Å². The quantitative estimate of drug-likeness (QED) is 0.861. The molecule has 2 aliphatic carbocycles. The Balaban J connectivity index is 1.56. The van der Waals surface area contributed by atoms with E-state index < -0.39 is 5.97 Å². The second-order valence-electron chi connectivity index (χ2n) is 6.37. The molecule has 2 aliphatic rings. The van der Waals surface area contributed by atoms with Gasteiger partial charge in [-0.3, -0.25) is 4.79 Å². The van der Waals surface area contributed by atoms with E-state index in [1.54, 1.807) is 0 Å². The third-order valence-electron chi connectivity index (χ3n) is 5.05. The minimum atomic E-state index is -1.07. The number of carbonyl (C=O) groups excluding carboxylic acids is 1. The number of hydrogen-bond donors (Lipinski definition) is 2. The summed E-state index contributed by atoms with van der Waals surface area (Å²) >= 11 is 0. The van der Waals surface area contributed by atoms with Gasteiger partial charge in [0.15, 0.2) is 0 Å². The van der Waals surface area contributed by atoms with Crippen molar-refractivity contribution < 1.29 is 14.7 Å². The van der Waals surface area contributed by atoms with Gasteiger partial charge < -0.3 is 10.4 Å². The van der Waals surface area contributed by atoms with E-state index in [4.69, 9.17) is 5.11 Å². The molecule has 0 radical (unpaired) electrons. The van der Waals surface area contributed by atoms with Crippen molar-refractivity contribution in [2.45, 2.75) is 45.2 Å². The lowest BCUT2D eigenvalue weighted by atomic mass is 9.84. The SMILES string of the molecule is CC(NC(=O)Cn1nccc1C(=O)O)C1CC2CCC1C2. The summed E-state index contributed by atoms with van der Waals surface area (Å²) in [6.45, 7) is 2.02. The summed E-state index contributed by atoms with van der Waals surface area (Å²) in [6, 6.07) is 1.55. The minimum absolute atomic E-state index is 0.0396. The average molecular weight is 291 g/mol. The van der Waals surface area contributed by atoms with E-state index in [0.717, 1.165) is 11.8 Å². The average Bonchev–Trinajstić information content (AvgIpc) is 3.13. The fourth-order valence-electron chi connectivity index (χ4n) is 4.09. The van der Waals surface area contributed by atoms with Crippen LogP contribution in [0.25, 0.3) is 0 Å². The van der Waals surface area contributed by atoms with Crippen molar-refractivity contribution in [2.24, 2.45) is 17.8 Å². The number of nitrogens with zero attached hydrogens (tertiary/aromatic N) is 2. The normalized spacial score (nSPS) is 28.5. The predicted octanol–water partition coefficient (Wildman–Crippen LogP) is 1.52. The smallest absolute Gasteiger partial charge is 0.354 e. The van der Waals surface area contributed by atoms with E-state index in [1.807, 2.05) is 0 Å². The summed E-state index contributed by atoms with van der Waals surface area (Å²) in [4.78, 5) is 23.1. The summed E-state index contributed by atoms with van der Waals surface area (Å²) in [6.07, 6.45) is 6.56. The van der Waals surface area contributed by atoms with Crippen LogP contribution in [0.3, 0.4) is 0 Å². The van der Waals surface area contributed by atoms with Gasteiger partial charge in [-0.25, -0.2) is 9.48 Å². The van der Waals surface area contributed by atoms with Crippen molar-refractivity contribution >= 4 is 11.9 Å². The van der Waals surface area contributed by atoms with Gasteiger partial charge in [-0.2, -0.15) is 5.10 Å². The first kappa shape index (κ1) is 14.1. The fraction of sp³-hybridized carbons (Fsp3) is 0.667. The number of fused-ring (bicyclic) bond motifs is 2. The molecule has 21 heavy (non-hydrogen) atoms. The lowest BCUT2D eigenvalue weighted by Crippen LogP contribution is -2.41. The number of nitrogens with one attached hydrogen (secondary N) is 1.